The third-order valence-corrected chi connectivity index (χ3v) is 4.96. The van der Waals surface area contributed by atoms with E-state index in [-0.39, 0.29) is 0 Å². The quantitative estimate of drug-likeness (QED) is 0.240. The van der Waals surface area contributed by atoms with Crippen molar-refractivity contribution in [3.05, 3.63) is 33.1 Å². The molecule has 0 radical (unpaired) electrons. The zero-order valence-electron chi connectivity index (χ0n) is 13.7. The Labute approximate surface area is 157 Å². The monoisotopic (exact) mass is 447 g/mol. The number of aliphatic hydroxyl groups is 1. The third-order valence-electron chi connectivity index (χ3n) is 3.80. The zero-order valence-corrected chi connectivity index (χ0v) is 16.4. The maximum atomic E-state index is 12.1. The average molecular weight is 447 g/mol. The number of aliphatic hydroxyl groups excluding tert-OH is 1. The molecule has 1 saturated heterocycles. The molecule has 2 rings (SSSR count). The van der Waals surface area contributed by atoms with Crippen molar-refractivity contribution in [3.63, 3.8) is 0 Å². The van der Waals surface area contributed by atoms with E-state index in [0.29, 0.717) is 0 Å². The van der Waals surface area contributed by atoms with E-state index in [0.717, 1.165) is 16.8 Å². The lowest BCUT2D eigenvalue weighted by molar-refractivity contribution is -0.144. The van der Waals surface area contributed by atoms with Gasteiger partial charge < -0.3 is 24.4 Å². The van der Waals surface area contributed by atoms with Gasteiger partial charge in [0, 0.05) is 19.4 Å². The van der Waals surface area contributed by atoms with Gasteiger partial charge in [0.15, 0.2) is 17.9 Å². The summed E-state index contributed by atoms with van der Waals surface area (Å²) < 4.78 is 43.9. The summed E-state index contributed by atoms with van der Waals surface area (Å²) >= 11 is 3.63. The van der Waals surface area contributed by atoms with Crippen LogP contribution in [0.15, 0.2) is 21.9 Å². The van der Waals surface area contributed by atoms with Crippen LogP contribution in [0.3, 0.4) is 0 Å². The van der Waals surface area contributed by atoms with Crippen LogP contribution in [0.4, 0.5) is 0 Å². The zero-order chi connectivity index (χ0) is 20.4. The number of ether oxygens (including phenoxy) is 2. The number of methoxy groups -OCH3 is 1. The van der Waals surface area contributed by atoms with E-state index in [9.17, 15) is 23.8 Å². The minimum absolute atomic E-state index is 0.673. The van der Waals surface area contributed by atoms with Gasteiger partial charge in [0.2, 0.25) is 0 Å². The van der Waals surface area contributed by atoms with Gasteiger partial charge in [0.25, 0.3) is 5.56 Å². The molecule has 0 bridgehead atoms. The number of aromatic amines is 1. The molecule has 1 unspecified atom stereocenters. The Morgan fingerprint density at radius 1 is 1.48 bits per heavy atom. The first-order valence-corrected chi connectivity index (χ1v) is 11.0. The summed E-state index contributed by atoms with van der Waals surface area (Å²) in [4.78, 5) is 43.2. The fourth-order valence-electron chi connectivity index (χ4n) is 2.64. The Bertz CT molecular complexity index is 853. The number of nitrogens with one attached hydrogen (secondary N) is 1. The van der Waals surface area contributed by atoms with Crippen LogP contribution >= 0.6 is 27.3 Å². The Kier molecular flexibility index (Phi) is 7.14. The van der Waals surface area contributed by atoms with Crippen molar-refractivity contribution in [3.8, 4) is 0 Å². The molecule has 1 fully saturated rings. The third kappa shape index (κ3) is 5.12. The maximum Gasteiger partial charge on any atom is 0.582 e. The van der Waals surface area contributed by atoms with Gasteiger partial charge in [0.05, 0.1) is 13.2 Å². The smallest absolute Gasteiger partial charge is 0.393 e. The van der Waals surface area contributed by atoms with Crippen LogP contribution in [0.25, 0.3) is 0 Å². The molecule has 27 heavy (non-hydrogen) atoms. The summed E-state index contributed by atoms with van der Waals surface area (Å²) in [6, 6.07) is 1.03. The molecule has 0 amide bonds. The number of phosphoric ester groups is 1. The van der Waals surface area contributed by atoms with Crippen LogP contribution in [-0.2, 0) is 27.7 Å². The van der Waals surface area contributed by atoms with Gasteiger partial charge in [0.1, 0.15) is 18.4 Å². The standard InChI is InChI=1S/C11H16N2O11P2S/c1-21-7-8(24-25(17)27)11(4-14,5-22-26(18,19)20)23-9(7)13-3-2-6(15)12-10(13)16/h2-3,7-9,14H,4-5H2,1H3,(H3-,12,15,16,17,18,19,20,27)/p+1/t7-,8+,9-,11-/m1/s1. The van der Waals surface area contributed by atoms with Crippen molar-refractivity contribution >= 4 is 27.3 Å². The van der Waals surface area contributed by atoms with Crippen LogP contribution in [-0.4, -0.2) is 62.6 Å². The lowest BCUT2D eigenvalue weighted by Gasteiger charge is -2.29. The molecule has 152 valence electrons. The van der Waals surface area contributed by atoms with E-state index in [2.05, 4.69) is 16.8 Å². The first-order valence-electron chi connectivity index (χ1n) is 7.19. The summed E-state index contributed by atoms with van der Waals surface area (Å²) in [5, 5.41) is 9.83. The Morgan fingerprint density at radius 2 is 2.15 bits per heavy atom. The van der Waals surface area contributed by atoms with Crippen LogP contribution in [0.2, 0.25) is 0 Å². The Morgan fingerprint density at radius 3 is 2.63 bits per heavy atom. The number of H-pyrrole nitrogens is 1. The summed E-state index contributed by atoms with van der Waals surface area (Å²) in [5.41, 5.74) is -3.52. The van der Waals surface area contributed by atoms with Crippen LogP contribution in [0.1, 0.15) is 6.23 Å². The highest BCUT2D eigenvalue weighted by atomic mass is 32.7. The van der Waals surface area contributed by atoms with Crippen LogP contribution in [0.5, 0.6) is 0 Å². The largest absolute Gasteiger partial charge is 0.582 e. The number of thiol groups is 1. The fourth-order valence-corrected chi connectivity index (χ4v) is 3.84. The van der Waals surface area contributed by atoms with E-state index in [1.54, 1.807) is 0 Å². The molecule has 0 spiro atoms. The molecule has 0 saturated carbocycles. The molecule has 1 aromatic rings. The van der Waals surface area contributed by atoms with E-state index in [1.807, 2.05) is 4.98 Å². The number of nitrogens with zero attached hydrogens (tertiary/aromatic N) is 1. The maximum absolute atomic E-state index is 12.1. The molecule has 16 heteroatoms. The second-order valence-corrected chi connectivity index (χ2v) is 8.38. The van der Waals surface area contributed by atoms with E-state index in [4.69, 9.17) is 23.8 Å². The first kappa shape index (κ1) is 22.4. The second-order valence-electron chi connectivity index (χ2n) is 5.48. The van der Waals surface area contributed by atoms with Gasteiger partial charge in [-0.15, -0.1) is 4.52 Å². The normalized spacial score (nSPS) is 29.1. The Hall–Kier alpha value is -0.920. The van der Waals surface area contributed by atoms with Crippen molar-refractivity contribution in [2.24, 2.45) is 0 Å². The predicted octanol–water partition coefficient (Wildman–Crippen LogP) is -1.11. The van der Waals surface area contributed by atoms with Gasteiger partial charge in [-0.05, 0) is 4.57 Å². The predicted molar refractivity (Wildman–Crippen MR) is 91.5 cm³/mol. The molecular formula is C11H17N2O11P2S+. The molecule has 4 N–H and O–H groups in total. The minimum Gasteiger partial charge on any atom is -0.393 e. The topological polar surface area (TPSA) is 187 Å². The number of hydrogen-bond acceptors (Lipinski definition) is 9. The molecule has 13 nitrogen and oxygen atoms in total. The van der Waals surface area contributed by atoms with E-state index >= 15 is 0 Å². The molecule has 0 aromatic carbocycles. The van der Waals surface area contributed by atoms with Gasteiger partial charge in [-0.2, -0.15) is 0 Å². The number of hydrogen-bond donors (Lipinski definition) is 5. The lowest BCUT2D eigenvalue weighted by Crippen LogP contribution is -2.50. The highest BCUT2D eigenvalue weighted by molar-refractivity contribution is 8.39. The number of aromatic nitrogens is 2. The number of phosphoric acid groups is 1. The van der Waals surface area contributed by atoms with Gasteiger partial charge >= 0.3 is 20.7 Å². The summed E-state index contributed by atoms with van der Waals surface area (Å²) in [6.45, 7) is -1.78. The lowest BCUT2D eigenvalue weighted by atomic mass is 9.97. The number of rotatable bonds is 8. The second kappa shape index (κ2) is 8.62. The first-order chi connectivity index (χ1) is 12.5. The van der Waals surface area contributed by atoms with Crippen molar-refractivity contribution in [2.75, 3.05) is 20.3 Å². The van der Waals surface area contributed by atoms with Crippen LogP contribution in [0, 0.1) is 0 Å². The highest BCUT2D eigenvalue weighted by Gasteiger charge is 2.61. The molecule has 5 atom stereocenters. The molecule has 1 aliphatic heterocycles. The van der Waals surface area contributed by atoms with Crippen molar-refractivity contribution in [2.45, 2.75) is 24.0 Å². The highest BCUT2D eigenvalue weighted by Crippen LogP contribution is 2.47. The molecule has 1 aliphatic rings. The average Bonchev–Trinajstić information content (AvgIpc) is 2.85. The molecule has 2 heterocycles. The fraction of sp³-hybridized carbons (Fsp3) is 0.636. The van der Waals surface area contributed by atoms with Gasteiger partial charge in [-0.1, -0.05) is 0 Å². The molecular weight excluding hydrogens is 430 g/mol. The van der Waals surface area contributed by atoms with E-state index in [1.165, 1.54) is 7.11 Å². The molecule has 1 aromatic heterocycles. The summed E-state index contributed by atoms with van der Waals surface area (Å²) in [5.74, 6) is 0. The Balaban J connectivity index is 2.51. The molecule has 0 aliphatic carbocycles. The SMILES string of the molecule is CO[C@H]1[C@H](n2ccc(=O)[nH]c2=O)O[C@](CO)(COP(=O)(O)O)[C@H]1O[P+](=O)S. The van der Waals surface area contributed by atoms with Crippen LogP contribution < -0.4 is 11.2 Å². The minimum atomic E-state index is -4.97. The van der Waals surface area contributed by atoms with Crippen molar-refractivity contribution in [1.82, 2.24) is 9.55 Å². The van der Waals surface area contributed by atoms with Gasteiger partial charge in [-0.3, -0.25) is 18.9 Å². The summed E-state index contributed by atoms with van der Waals surface area (Å²) in [6.07, 6.45) is -2.82. The van der Waals surface area contributed by atoms with E-state index < -0.39 is 63.6 Å². The summed E-state index contributed by atoms with van der Waals surface area (Å²) in [7, 11) is -6.33. The van der Waals surface area contributed by atoms with Crippen molar-refractivity contribution in [1.29, 1.82) is 0 Å². The van der Waals surface area contributed by atoms with Crippen molar-refractivity contribution < 1.29 is 42.5 Å². The van der Waals surface area contributed by atoms with Gasteiger partial charge in [-0.25, -0.2) is 9.36 Å².